The van der Waals surface area contributed by atoms with Gasteiger partial charge in [-0.2, -0.15) is 0 Å². The first kappa shape index (κ1) is 10.9. The fraction of sp³-hybridized carbons (Fsp3) is 0.100. The first-order valence-corrected chi connectivity index (χ1v) is 6.38. The van der Waals surface area contributed by atoms with Gasteiger partial charge in [-0.05, 0) is 39.5 Å². The molecule has 0 aliphatic carbocycles. The summed E-state index contributed by atoms with van der Waals surface area (Å²) in [6.45, 7) is 0.692. The van der Waals surface area contributed by atoms with Crippen molar-refractivity contribution >= 4 is 44.7 Å². The van der Waals surface area contributed by atoms with Gasteiger partial charge in [0, 0.05) is 18.3 Å². The largest absolute Gasteiger partial charge is 0.365 e. The van der Waals surface area contributed by atoms with Gasteiger partial charge in [0.25, 0.3) is 0 Å². The van der Waals surface area contributed by atoms with Crippen molar-refractivity contribution in [1.82, 2.24) is 4.98 Å². The Morgan fingerprint density at radius 2 is 2.33 bits per heavy atom. The van der Waals surface area contributed by atoms with E-state index in [0.717, 1.165) is 20.2 Å². The van der Waals surface area contributed by atoms with Crippen molar-refractivity contribution < 1.29 is 0 Å². The lowest BCUT2D eigenvalue weighted by atomic mass is 10.3. The molecular weight excluding hydrogens is 296 g/mol. The minimum absolute atomic E-state index is 0.692. The predicted octanol–water partition coefficient (Wildman–Crippen LogP) is 4.17. The molecule has 0 bridgehead atoms. The molecule has 0 aliphatic heterocycles. The number of hydrogen-bond donors (Lipinski definition) is 1. The molecule has 0 spiro atoms. The second-order valence-electron chi connectivity index (χ2n) is 2.91. The van der Waals surface area contributed by atoms with Crippen LogP contribution in [0.15, 0.2) is 34.2 Å². The summed E-state index contributed by atoms with van der Waals surface area (Å²) in [5, 5.41) is 5.20. The average molecular weight is 304 g/mol. The predicted molar refractivity (Wildman–Crippen MR) is 68.6 cm³/mol. The maximum atomic E-state index is 5.99. The standard InChI is InChI=1S/C10H8BrClN2S/c11-8-2-1-4-13-10(8)14-6-7-3-5-15-9(7)12/h1-5H,6H2,(H,13,14). The van der Waals surface area contributed by atoms with Crippen LogP contribution in [0.2, 0.25) is 4.34 Å². The lowest BCUT2D eigenvalue weighted by molar-refractivity contribution is 1.11. The zero-order chi connectivity index (χ0) is 10.7. The Morgan fingerprint density at radius 3 is 3.00 bits per heavy atom. The van der Waals surface area contributed by atoms with Gasteiger partial charge in [-0.1, -0.05) is 11.6 Å². The second kappa shape index (κ2) is 4.96. The molecule has 2 aromatic heterocycles. The van der Waals surface area contributed by atoms with Gasteiger partial charge in [0.2, 0.25) is 0 Å². The van der Waals surface area contributed by atoms with Gasteiger partial charge < -0.3 is 5.32 Å². The van der Waals surface area contributed by atoms with Gasteiger partial charge in [-0.15, -0.1) is 11.3 Å². The van der Waals surface area contributed by atoms with E-state index < -0.39 is 0 Å². The van der Waals surface area contributed by atoms with Gasteiger partial charge in [-0.25, -0.2) is 4.98 Å². The quantitative estimate of drug-likeness (QED) is 0.920. The highest BCUT2D eigenvalue weighted by Crippen LogP contribution is 2.24. The van der Waals surface area contributed by atoms with Crippen molar-refractivity contribution in [3.63, 3.8) is 0 Å². The summed E-state index contributed by atoms with van der Waals surface area (Å²) < 4.78 is 1.78. The van der Waals surface area contributed by atoms with Crippen LogP contribution in [0.25, 0.3) is 0 Å². The zero-order valence-electron chi connectivity index (χ0n) is 7.71. The number of anilines is 1. The summed E-state index contributed by atoms with van der Waals surface area (Å²) >= 11 is 11.0. The normalized spacial score (nSPS) is 10.3. The van der Waals surface area contributed by atoms with Crippen LogP contribution in [0.1, 0.15) is 5.56 Å². The first-order valence-electron chi connectivity index (χ1n) is 4.33. The summed E-state index contributed by atoms with van der Waals surface area (Å²) in [7, 11) is 0. The van der Waals surface area contributed by atoms with Crippen LogP contribution in [0.5, 0.6) is 0 Å². The molecule has 0 saturated heterocycles. The SMILES string of the molecule is Clc1sccc1CNc1ncccc1Br. The summed E-state index contributed by atoms with van der Waals surface area (Å²) in [5.74, 6) is 0.833. The van der Waals surface area contributed by atoms with E-state index in [1.165, 1.54) is 11.3 Å². The fourth-order valence-electron chi connectivity index (χ4n) is 1.14. The Labute approximate surface area is 105 Å². The van der Waals surface area contributed by atoms with Crippen molar-refractivity contribution in [2.45, 2.75) is 6.54 Å². The van der Waals surface area contributed by atoms with E-state index in [1.54, 1.807) is 6.20 Å². The van der Waals surface area contributed by atoms with Gasteiger partial charge in [0.05, 0.1) is 8.81 Å². The van der Waals surface area contributed by atoms with Crippen LogP contribution in [-0.2, 0) is 6.54 Å². The Bertz CT molecular complexity index is 458. The van der Waals surface area contributed by atoms with E-state index in [0.29, 0.717) is 6.54 Å². The molecule has 0 saturated carbocycles. The van der Waals surface area contributed by atoms with Crippen LogP contribution in [0, 0.1) is 0 Å². The van der Waals surface area contributed by atoms with Crippen molar-refractivity contribution in [3.8, 4) is 0 Å². The fourth-order valence-corrected chi connectivity index (χ4v) is 2.46. The van der Waals surface area contributed by atoms with E-state index in [2.05, 4.69) is 26.2 Å². The number of rotatable bonds is 3. The van der Waals surface area contributed by atoms with Gasteiger partial charge in [-0.3, -0.25) is 0 Å². The van der Waals surface area contributed by atoms with Crippen molar-refractivity contribution in [2.24, 2.45) is 0 Å². The molecule has 0 radical (unpaired) electrons. The van der Waals surface area contributed by atoms with Crippen LogP contribution in [-0.4, -0.2) is 4.98 Å². The highest BCUT2D eigenvalue weighted by Gasteiger charge is 2.03. The monoisotopic (exact) mass is 302 g/mol. The second-order valence-corrected chi connectivity index (χ2v) is 5.28. The Balaban J connectivity index is 2.06. The van der Waals surface area contributed by atoms with Crippen LogP contribution < -0.4 is 5.32 Å². The smallest absolute Gasteiger partial charge is 0.140 e. The van der Waals surface area contributed by atoms with Gasteiger partial charge in [0.1, 0.15) is 5.82 Å². The van der Waals surface area contributed by atoms with Gasteiger partial charge >= 0.3 is 0 Å². The molecule has 2 heterocycles. The third-order valence-corrected chi connectivity index (χ3v) is 3.79. The molecular formula is C10H8BrClN2S. The first-order chi connectivity index (χ1) is 7.27. The van der Waals surface area contributed by atoms with Crippen LogP contribution in [0.4, 0.5) is 5.82 Å². The summed E-state index contributed by atoms with van der Waals surface area (Å²) in [6.07, 6.45) is 1.75. The molecule has 2 aromatic rings. The molecule has 0 aromatic carbocycles. The van der Waals surface area contributed by atoms with Crippen molar-refractivity contribution in [1.29, 1.82) is 0 Å². The maximum Gasteiger partial charge on any atom is 0.140 e. The number of halogens is 2. The lowest BCUT2D eigenvalue weighted by Gasteiger charge is -2.05. The third kappa shape index (κ3) is 2.71. The van der Waals surface area contributed by atoms with Crippen LogP contribution in [0.3, 0.4) is 0 Å². The lowest BCUT2D eigenvalue weighted by Crippen LogP contribution is -2.00. The van der Waals surface area contributed by atoms with E-state index in [9.17, 15) is 0 Å². The third-order valence-electron chi connectivity index (χ3n) is 1.90. The molecule has 5 heteroatoms. The molecule has 2 rings (SSSR count). The average Bonchev–Trinajstić information content (AvgIpc) is 2.63. The number of aromatic nitrogens is 1. The molecule has 0 atom stereocenters. The van der Waals surface area contributed by atoms with E-state index in [1.807, 2.05) is 23.6 Å². The summed E-state index contributed by atoms with van der Waals surface area (Å²) in [6, 6.07) is 5.84. The van der Waals surface area contributed by atoms with Crippen molar-refractivity contribution in [2.75, 3.05) is 5.32 Å². The summed E-state index contributed by atoms with van der Waals surface area (Å²) in [4.78, 5) is 4.21. The minimum Gasteiger partial charge on any atom is -0.365 e. The Hall–Kier alpha value is -0.580. The van der Waals surface area contributed by atoms with E-state index in [-0.39, 0.29) is 0 Å². The maximum absolute atomic E-state index is 5.99. The molecule has 0 unspecified atom stereocenters. The molecule has 1 N–H and O–H groups in total. The zero-order valence-corrected chi connectivity index (χ0v) is 10.9. The van der Waals surface area contributed by atoms with E-state index in [4.69, 9.17) is 11.6 Å². The number of pyridine rings is 1. The molecule has 78 valence electrons. The number of thiophene rings is 1. The van der Waals surface area contributed by atoms with E-state index >= 15 is 0 Å². The Kier molecular flexibility index (Phi) is 3.61. The molecule has 0 fully saturated rings. The van der Waals surface area contributed by atoms with Crippen LogP contribution >= 0.6 is 38.9 Å². The highest BCUT2D eigenvalue weighted by molar-refractivity contribution is 9.10. The highest BCUT2D eigenvalue weighted by atomic mass is 79.9. The molecule has 2 nitrogen and oxygen atoms in total. The Morgan fingerprint density at radius 1 is 1.47 bits per heavy atom. The number of nitrogens with one attached hydrogen (secondary N) is 1. The summed E-state index contributed by atoms with van der Waals surface area (Å²) in [5.41, 5.74) is 1.10. The number of nitrogens with zero attached hydrogens (tertiary/aromatic N) is 1. The molecule has 0 aliphatic rings. The van der Waals surface area contributed by atoms with Crippen molar-refractivity contribution in [3.05, 3.63) is 44.1 Å². The topological polar surface area (TPSA) is 24.9 Å². The molecule has 0 amide bonds. The minimum atomic E-state index is 0.692. The van der Waals surface area contributed by atoms with Gasteiger partial charge in [0.15, 0.2) is 0 Å². The molecule has 15 heavy (non-hydrogen) atoms. The number of hydrogen-bond acceptors (Lipinski definition) is 3.